The third-order valence-electron chi connectivity index (χ3n) is 1.77. The Morgan fingerprint density at radius 2 is 1.20 bits per heavy atom. The molecule has 0 aliphatic rings. The molecule has 80 valence electrons. The fourth-order valence-electron chi connectivity index (χ4n) is 0.900. The lowest BCUT2D eigenvalue weighted by Crippen LogP contribution is -2.35. The number of aliphatic imine (C=N–C) groups is 3. The Labute approximate surface area is 104 Å². The van der Waals surface area contributed by atoms with Crippen LogP contribution in [0.1, 0.15) is 0 Å². The van der Waals surface area contributed by atoms with Gasteiger partial charge in [-0.15, -0.1) is 0 Å². The van der Waals surface area contributed by atoms with Crippen molar-refractivity contribution in [1.29, 1.82) is 0 Å². The summed E-state index contributed by atoms with van der Waals surface area (Å²) in [5, 5.41) is 16.0. The highest BCUT2D eigenvalue weighted by atomic mass is 32.1. The first-order valence-electron chi connectivity index (χ1n) is 3.96. The molecule has 0 atom stereocenters. The van der Waals surface area contributed by atoms with Crippen LogP contribution >= 0.6 is 36.7 Å². The van der Waals surface area contributed by atoms with Crippen molar-refractivity contribution in [3.8, 4) is 0 Å². The van der Waals surface area contributed by atoms with Crippen molar-refractivity contribution in [3.05, 3.63) is 0 Å². The van der Waals surface area contributed by atoms with Crippen LogP contribution in [0, 0.1) is 5.41 Å². The number of hydrogen-bond donors (Lipinski definition) is 1. The summed E-state index contributed by atoms with van der Waals surface area (Å²) in [6, 6.07) is 0. The second-order valence-corrected chi connectivity index (χ2v) is 3.43. The zero-order chi connectivity index (χ0) is 11.6. The van der Waals surface area contributed by atoms with Gasteiger partial charge in [-0.25, -0.2) is 15.0 Å². The van der Waals surface area contributed by atoms with E-state index in [1.165, 1.54) is 0 Å². The zero-order valence-electron chi connectivity index (χ0n) is 7.84. The van der Waals surface area contributed by atoms with Crippen LogP contribution in [-0.2, 0) is 0 Å². The molecule has 0 unspecified atom stereocenters. The number of hydrogen-bond acceptors (Lipinski definition) is 7. The first-order chi connectivity index (χ1) is 7.24. The van der Waals surface area contributed by atoms with E-state index < -0.39 is 5.41 Å². The lowest BCUT2D eigenvalue weighted by Gasteiger charge is -2.24. The minimum absolute atomic E-state index is 0.144. The first-order valence-corrected chi connectivity index (χ1v) is 5.19. The Hall–Kier alpha value is -0.640. The quantitative estimate of drug-likeness (QED) is 0.552. The Morgan fingerprint density at radius 1 is 0.867 bits per heavy atom. The lowest BCUT2D eigenvalue weighted by molar-refractivity contribution is 0.148. The molecule has 0 amide bonds. The van der Waals surface area contributed by atoms with Crippen molar-refractivity contribution in [3.63, 3.8) is 0 Å². The van der Waals surface area contributed by atoms with Crippen LogP contribution in [0.15, 0.2) is 15.0 Å². The fraction of sp³-hybridized carbons (Fsp3) is 0.625. The van der Waals surface area contributed by atoms with Crippen molar-refractivity contribution in [2.24, 2.45) is 20.4 Å². The van der Waals surface area contributed by atoms with Crippen molar-refractivity contribution in [2.45, 2.75) is 0 Å². The van der Waals surface area contributed by atoms with Gasteiger partial charge in [0.2, 0.25) is 0 Å². The van der Waals surface area contributed by atoms with Crippen molar-refractivity contribution >= 4 is 52.1 Å². The molecule has 0 aliphatic heterocycles. The van der Waals surface area contributed by atoms with E-state index in [1.54, 1.807) is 0 Å². The average Bonchev–Trinajstić information content (AvgIpc) is 2.29. The van der Waals surface area contributed by atoms with Crippen molar-refractivity contribution in [1.82, 2.24) is 0 Å². The summed E-state index contributed by atoms with van der Waals surface area (Å²) >= 11 is 13.4. The van der Waals surface area contributed by atoms with Crippen molar-refractivity contribution in [2.75, 3.05) is 26.2 Å². The molecule has 0 aliphatic carbocycles. The molecule has 0 saturated heterocycles. The summed E-state index contributed by atoms with van der Waals surface area (Å²) in [5.74, 6) is 0. The molecule has 0 saturated carbocycles. The smallest absolute Gasteiger partial charge is 0.0607 e. The summed E-state index contributed by atoms with van der Waals surface area (Å²) in [6.07, 6.45) is 0. The van der Waals surface area contributed by atoms with Gasteiger partial charge in [0, 0.05) is 0 Å². The van der Waals surface area contributed by atoms with E-state index in [2.05, 4.69) is 67.1 Å². The minimum atomic E-state index is -0.635. The number of rotatable bonds is 7. The van der Waals surface area contributed by atoms with E-state index in [1.807, 2.05) is 0 Å². The highest BCUT2D eigenvalue weighted by Gasteiger charge is 2.29. The van der Waals surface area contributed by atoms with Crippen LogP contribution in [0.5, 0.6) is 0 Å². The molecule has 0 radical (unpaired) electrons. The van der Waals surface area contributed by atoms with Gasteiger partial charge in [0.15, 0.2) is 0 Å². The summed E-state index contributed by atoms with van der Waals surface area (Å²) < 4.78 is 0. The molecule has 0 aromatic carbocycles. The number of aliphatic hydroxyl groups excluding tert-OH is 1. The molecule has 1 N–H and O–H groups in total. The maximum Gasteiger partial charge on any atom is 0.0607 e. The summed E-state index contributed by atoms with van der Waals surface area (Å²) in [7, 11) is 0. The van der Waals surface area contributed by atoms with Gasteiger partial charge in [0.1, 0.15) is 0 Å². The van der Waals surface area contributed by atoms with Crippen LogP contribution in [0.4, 0.5) is 0 Å². The van der Waals surface area contributed by atoms with E-state index in [9.17, 15) is 5.11 Å². The van der Waals surface area contributed by atoms with Gasteiger partial charge in [-0.05, 0) is 36.7 Å². The Bertz CT molecular complexity index is 289. The topological polar surface area (TPSA) is 57.3 Å². The van der Waals surface area contributed by atoms with Gasteiger partial charge < -0.3 is 5.11 Å². The van der Waals surface area contributed by atoms with Gasteiger partial charge in [-0.3, -0.25) is 0 Å². The van der Waals surface area contributed by atoms with Crippen LogP contribution in [-0.4, -0.2) is 46.8 Å². The van der Waals surface area contributed by atoms with E-state index in [0.29, 0.717) is 0 Å². The molecule has 7 heteroatoms. The van der Waals surface area contributed by atoms with Crippen LogP contribution in [0.2, 0.25) is 0 Å². The molecule has 0 heterocycles. The van der Waals surface area contributed by atoms with Gasteiger partial charge in [-0.1, -0.05) is 0 Å². The van der Waals surface area contributed by atoms with Gasteiger partial charge in [-0.2, -0.15) is 0 Å². The van der Waals surface area contributed by atoms with Gasteiger partial charge >= 0.3 is 0 Å². The largest absolute Gasteiger partial charge is 0.396 e. The molecule has 0 fully saturated rings. The highest BCUT2D eigenvalue weighted by Crippen LogP contribution is 2.18. The van der Waals surface area contributed by atoms with Gasteiger partial charge in [0.25, 0.3) is 0 Å². The predicted octanol–water partition coefficient (Wildman–Crippen LogP) is 1.27. The van der Waals surface area contributed by atoms with Gasteiger partial charge in [0.05, 0.1) is 47.1 Å². The molecule has 0 spiro atoms. The second-order valence-electron chi connectivity index (χ2n) is 2.88. The second kappa shape index (κ2) is 8.65. The molecule has 0 aromatic heterocycles. The average molecular weight is 259 g/mol. The van der Waals surface area contributed by atoms with E-state index in [-0.39, 0.29) is 26.2 Å². The van der Waals surface area contributed by atoms with Crippen LogP contribution in [0.3, 0.4) is 0 Å². The third-order valence-corrected chi connectivity index (χ3v) is 2.16. The zero-order valence-corrected chi connectivity index (χ0v) is 10.3. The number of nitrogens with zero attached hydrogens (tertiary/aromatic N) is 3. The summed E-state index contributed by atoms with van der Waals surface area (Å²) in [4.78, 5) is 11.3. The van der Waals surface area contributed by atoms with E-state index >= 15 is 0 Å². The molecule has 15 heavy (non-hydrogen) atoms. The number of aliphatic hydroxyl groups is 1. The summed E-state index contributed by atoms with van der Waals surface area (Å²) in [5.41, 5.74) is -0.635. The third kappa shape index (κ3) is 5.72. The molecule has 4 nitrogen and oxygen atoms in total. The maximum atomic E-state index is 9.29. The molecule has 0 aromatic rings. The monoisotopic (exact) mass is 259 g/mol. The normalized spacial score (nSPS) is 12.6. The summed E-state index contributed by atoms with van der Waals surface area (Å²) in [6.45, 7) is 0.671. The van der Waals surface area contributed by atoms with Crippen LogP contribution < -0.4 is 0 Å². The fourth-order valence-corrected chi connectivity index (χ4v) is 1.09. The number of isothiocyanates is 3. The Morgan fingerprint density at radius 3 is 1.40 bits per heavy atom. The Balaban J connectivity index is 4.78. The standard InChI is InChI=1S/C8H9N3OS3/c12-4-8(1-9-5-13,2-10-6-14)3-11-7-15/h12H,1-4H2. The first kappa shape index (κ1) is 14.4. The van der Waals surface area contributed by atoms with E-state index in [0.717, 1.165) is 0 Å². The van der Waals surface area contributed by atoms with E-state index in [4.69, 9.17) is 0 Å². The predicted molar refractivity (Wildman–Crippen MR) is 69.2 cm³/mol. The minimum Gasteiger partial charge on any atom is -0.396 e. The van der Waals surface area contributed by atoms with Crippen LogP contribution in [0.25, 0.3) is 0 Å². The van der Waals surface area contributed by atoms with Crippen molar-refractivity contribution < 1.29 is 5.11 Å². The molecule has 0 bridgehead atoms. The highest BCUT2D eigenvalue weighted by molar-refractivity contribution is 7.78. The molecular weight excluding hydrogens is 250 g/mol. The maximum absolute atomic E-state index is 9.29. The Kier molecular flexibility index (Phi) is 8.28. The molecule has 0 rings (SSSR count). The number of thiocarbonyl (C=S) groups is 3. The SMILES string of the molecule is OCC(CN=C=S)(CN=C=S)CN=C=S. The molecular formula is C8H9N3OS3. The lowest BCUT2D eigenvalue weighted by atomic mass is 9.89.